The molecule has 1 fully saturated rings. The minimum Gasteiger partial charge on any atom is -0.444 e. The summed E-state index contributed by atoms with van der Waals surface area (Å²) in [5.74, 6) is -0.212. The molecular formula is C19H30N4O4. The number of carbonyl (C=O) groups excluding carboxylic acids is 2. The summed E-state index contributed by atoms with van der Waals surface area (Å²) < 4.78 is 10.4. The average molecular weight is 378 g/mol. The minimum absolute atomic E-state index is 0.212. The van der Waals surface area contributed by atoms with Crippen molar-refractivity contribution in [2.75, 3.05) is 51.3 Å². The van der Waals surface area contributed by atoms with Gasteiger partial charge in [0.2, 0.25) is 0 Å². The highest BCUT2D eigenvalue weighted by atomic mass is 16.6. The molecule has 1 saturated heterocycles. The van der Waals surface area contributed by atoms with Gasteiger partial charge in [0.25, 0.3) is 5.91 Å². The molecule has 150 valence electrons. The molecule has 2 amide bonds. The summed E-state index contributed by atoms with van der Waals surface area (Å²) in [6.07, 6.45) is -0.278. The molecule has 2 heterocycles. The second-order valence-corrected chi connectivity index (χ2v) is 7.50. The number of methoxy groups -OCH3 is 1. The van der Waals surface area contributed by atoms with Crippen LogP contribution in [0.15, 0.2) is 12.1 Å². The van der Waals surface area contributed by atoms with Crippen LogP contribution in [0, 0.1) is 6.92 Å². The maximum Gasteiger partial charge on any atom is 0.410 e. The topological polar surface area (TPSA) is 84.0 Å². The van der Waals surface area contributed by atoms with Gasteiger partial charge >= 0.3 is 6.09 Å². The Balaban J connectivity index is 1.94. The number of anilines is 1. The van der Waals surface area contributed by atoms with Crippen molar-refractivity contribution in [2.24, 2.45) is 0 Å². The van der Waals surface area contributed by atoms with E-state index in [0.717, 1.165) is 11.4 Å². The first-order valence-corrected chi connectivity index (χ1v) is 9.19. The van der Waals surface area contributed by atoms with E-state index in [-0.39, 0.29) is 12.0 Å². The van der Waals surface area contributed by atoms with Gasteiger partial charge in [0, 0.05) is 39.8 Å². The van der Waals surface area contributed by atoms with Crippen molar-refractivity contribution in [1.29, 1.82) is 0 Å². The number of rotatable bonds is 5. The van der Waals surface area contributed by atoms with Crippen LogP contribution in [0.4, 0.5) is 10.5 Å². The van der Waals surface area contributed by atoms with Gasteiger partial charge < -0.3 is 24.6 Å². The zero-order chi connectivity index (χ0) is 20.0. The van der Waals surface area contributed by atoms with Crippen LogP contribution in [0.2, 0.25) is 0 Å². The van der Waals surface area contributed by atoms with Crippen molar-refractivity contribution in [2.45, 2.75) is 33.3 Å². The maximum absolute atomic E-state index is 12.2. The fourth-order valence-electron chi connectivity index (χ4n) is 2.83. The van der Waals surface area contributed by atoms with Gasteiger partial charge in [0.1, 0.15) is 11.3 Å². The Morgan fingerprint density at radius 2 is 1.85 bits per heavy atom. The third kappa shape index (κ3) is 6.09. The summed E-state index contributed by atoms with van der Waals surface area (Å²) in [5.41, 5.74) is 1.67. The Morgan fingerprint density at radius 3 is 2.41 bits per heavy atom. The van der Waals surface area contributed by atoms with Gasteiger partial charge in [-0.15, -0.1) is 0 Å². The Kier molecular flexibility index (Phi) is 7.01. The van der Waals surface area contributed by atoms with Crippen molar-refractivity contribution in [3.8, 4) is 0 Å². The zero-order valence-corrected chi connectivity index (χ0v) is 16.9. The molecule has 0 atom stereocenters. The van der Waals surface area contributed by atoms with E-state index in [1.165, 1.54) is 0 Å². The second kappa shape index (κ2) is 9.03. The number of nitrogens with one attached hydrogen (secondary N) is 1. The molecule has 1 aromatic rings. The number of ether oxygens (including phenoxy) is 2. The standard InChI is InChI=1S/C19H30N4O4/c1-14-16(7-6-15(21-14)17(24)20-8-13-26-5)22-9-11-23(12-10-22)18(25)27-19(2,3)4/h6-7H,8-13H2,1-5H3,(H,20,24). The third-order valence-corrected chi connectivity index (χ3v) is 4.15. The van der Waals surface area contributed by atoms with Crippen LogP contribution in [0.1, 0.15) is 37.0 Å². The molecule has 0 bridgehead atoms. The first-order chi connectivity index (χ1) is 12.7. The maximum atomic E-state index is 12.2. The van der Waals surface area contributed by atoms with Crippen LogP contribution < -0.4 is 10.2 Å². The van der Waals surface area contributed by atoms with E-state index in [1.807, 2.05) is 33.8 Å². The Hall–Kier alpha value is -2.35. The van der Waals surface area contributed by atoms with Gasteiger partial charge in [0.15, 0.2) is 0 Å². The first kappa shape index (κ1) is 21.0. The molecule has 0 saturated carbocycles. The molecule has 0 unspecified atom stereocenters. The molecule has 1 aromatic heterocycles. The highest BCUT2D eigenvalue weighted by Gasteiger charge is 2.26. The van der Waals surface area contributed by atoms with Gasteiger partial charge in [-0.25, -0.2) is 9.78 Å². The zero-order valence-electron chi connectivity index (χ0n) is 16.9. The van der Waals surface area contributed by atoms with Gasteiger partial charge in [-0.1, -0.05) is 0 Å². The smallest absolute Gasteiger partial charge is 0.410 e. The normalized spacial score (nSPS) is 14.9. The quantitative estimate of drug-likeness (QED) is 0.787. The molecule has 0 spiro atoms. The Morgan fingerprint density at radius 1 is 1.19 bits per heavy atom. The number of nitrogens with zero attached hydrogens (tertiary/aromatic N) is 3. The number of hydrogen-bond donors (Lipinski definition) is 1. The van der Waals surface area contributed by atoms with Crippen molar-refractivity contribution in [3.05, 3.63) is 23.5 Å². The van der Waals surface area contributed by atoms with Crippen molar-refractivity contribution >= 4 is 17.7 Å². The van der Waals surface area contributed by atoms with E-state index in [2.05, 4.69) is 15.2 Å². The predicted molar refractivity (Wildman–Crippen MR) is 103 cm³/mol. The van der Waals surface area contributed by atoms with Gasteiger partial charge in [-0.2, -0.15) is 0 Å². The Bertz CT molecular complexity index is 664. The SMILES string of the molecule is COCCNC(=O)c1ccc(N2CCN(C(=O)OC(C)(C)C)CC2)c(C)n1. The van der Waals surface area contributed by atoms with E-state index in [1.54, 1.807) is 18.1 Å². The summed E-state index contributed by atoms with van der Waals surface area (Å²) >= 11 is 0. The lowest BCUT2D eigenvalue weighted by atomic mass is 10.2. The highest BCUT2D eigenvalue weighted by molar-refractivity contribution is 5.92. The number of piperazine rings is 1. The van der Waals surface area contributed by atoms with Crippen LogP contribution in [0.3, 0.4) is 0 Å². The number of carbonyl (C=O) groups is 2. The number of pyridine rings is 1. The monoisotopic (exact) mass is 378 g/mol. The fraction of sp³-hybridized carbons (Fsp3) is 0.632. The van der Waals surface area contributed by atoms with Crippen LogP contribution in [0.25, 0.3) is 0 Å². The largest absolute Gasteiger partial charge is 0.444 e. The molecule has 1 aliphatic rings. The fourth-order valence-corrected chi connectivity index (χ4v) is 2.83. The van der Waals surface area contributed by atoms with E-state index in [4.69, 9.17) is 9.47 Å². The van der Waals surface area contributed by atoms with Crippen LogP contribution in [0.5, 0.6) is 0 Å². The van der Waals surface area contributed by atoms with E-state index in [0.29, 0.717) is 45.0 Å². The number of aryl methyl sites for hydroxylation is 1. The van der Waals surface area contributed by atoms with Crippen LogP contribution in [-0.2, 0) is 9.47 Å². The highest BCUT2D eigenvalue weighted by Crippen LogP contribution is 2.21. The molecular weight excluding hydrogens is 348 g/mol. The molecule has 2 rings (SSSR count). The molecule has 27 heavy (non-hydrogen) atoms. The minimum atomic E-state index is -0.492. The van der Waals surface area contributed by atoms with E-state index >= 15 is 0 Å². The lowest BCUT2D eigenvalue weighted by molar-refractivity contribution is 0.0240. The summed E-state index contributed by atoms with van der Waals surface area (Å²) in [6, 6.07) is 3.64. The van der Waals surface area contributed by atoms with Gasteiger partial charge in [-0.05, 0) is 39.8 Å². The summed E-state index contributed by atoms with van der Waals surface area (Å²) in [7, 11) is 1.59. The number of aromatic nitrogens is 1. The molecule has 0 aliphatic carbocycles. The number of hydrogen-bond acceptors (Lipinski definition) is 6. The molecule has 1 aliphatic heterocycles. The van der Waals surface area contributed by atoms with E-state index < -0.39 is 5.60 Å². The summed E-state index contributed by atoms with van der Waals surface area (Å²) in [5, 5.41) is 2.76. The van der Waals surface area contributed by atoms with Gasteiger partial charge in [-0.3, -0.25) is 4.79 Å². The Labute approximate surface area is 160 Å². The molecule has 1 N–H and O–H groups in total. The van der Waals surface area contributed by atoms with Crippen LogP contribution in [-0.4, -0.2) is 73.9 Å². The van der Waals surface area contributed by atoms with Crippen molar-refractivity contribution in [3.63, 3.8) is 0 Å². The number of amides is 2. The lowest BCUT2D eigenvalue weighted by Crippen LogP contribution is -2.50. The summed E-state index contributed by atoms with van der Waals surface area (Å²) in [6.45, 7) is 11.0. The molecule has 8 nitrogen and oxygen atoms in total. The molecule has 8 heteroatoms. The van der Waals surface area contributed by atoms with Crippen molar-refractivity contribution in [1.82, 2.24) is 15.2 Å². The van der Waals surface area contributed by atoms with Gasteiger partial charge in [0.05, 0.1) is 18.0 Å². The van der Waals surface area contributed by atoms with Crippen LogP contribution >= 0.6 is 0 Å². The third-order valence-electron chi connectivity index (χ3n) is 4.15. The average Bonchev–Trinajstić information content (AvgIpc) is 2.60. The lowest BCUT2D eigenvalue weighted by Gasteiger charge is -2.37. The van der Waals surface area contributed by atoms with E-state index in [9.17, 15) is 9.59 Å². The summed E-state index contributed by atoms with van der Waals surface area (Å²) in [4.78, 5) is 32.6. The molecule has 0 radical (unpaired) electrons. The first-order valence-electron chi connectivity index (χ1n) is 9.19. The predicted octanol–water partition coefficient (Wildman–Crippen LogP) is 1.82. The van der Waals surface area contributed by atoms with Crippen molar-refractivity contribution < 1.29 is 19.1 Å². The molecule has 0 aromatic carbocycles. The second-order valence-electron chi connectivity index (χ2n) is 7.50.